The molecule has 86 valence electrons. The number of rotatable bonds is 3. The van der Waals surface area contributed by atoms with E-state index < -0.39 is 18.3 Å². The van der Waals surface area contributed by atoms with Gasteiger partial charge in [-0.15, -0.1) is 0 Å². The lowest BCUT2D eigenvalue weighted by atomic mass is 10.1. The number of amides is 1. The predicted octanol–water partition coefficient (Wildman–Crippen LogP) is 2.84. The van der Waals surface area contributed by atoms with Crippen molar-refractivity contribution in [1.29, 1.82) is 0 Å². The molecule has 1 aliphatic rings. The molecule has 1 aromatic carbocycles. The summed E-state index contributed by atoms with van der Waals surface area (Å²) in [5.41, 5.74) is 0.893. The van der Waals surface area contributed by atoms with Crippen LogP contribution in [-0.4, -0.2) is 28.3 Å². The van der Waals surface area contributed by atoms with E-state index in [2.05, 4.69) is 0 Å². The average molecular weight is 223 g/mol. The summed E-state index contributed by atoms with van der Waals surface area (Å²) in [7, 11) is 0. The summed E-state index contributed by atoms with van der Waals surface area (Å²) in [5.74, 6) is 0. The molecular formula is C12H14FNO2. The second-order valence-corrected chi connectivity index (χ2v) is 4.10. The summed E-state index contributed by atoms with van der Waals surface area (Å²) in [5, 5.41) is 9.09. The Labute approximate surface area is 93.5 Å². The SMILES string of the molecule is CC(c1ccccc1)N(C(=O)O)C1CC1F. The fourth-order valence-electron chi connectivity index (χ4n) is 1.93. The van der Waals surface area contributed by atoms with Gasteiger partial charge in [0.05, 0.1) is 12.1 Å². The normalized spacial score (nSPS) is 24.9. The standard InChI is InChI=1S/C12H14FNO2/c1-8(9-5-3-2-4-6-9)14(12(15)16)11-7-10(11)13/h2-6,8,10-11H,7H2,1H3,(H,15,16). The number of nitrogens with zero attached hydrogens (tertiary/aromatic N) is 1. The first-order valence-electron chi connectivity index (χ1n) is 5.31. The van der Waals surface area contributed by atoms with Crippen molar-refractivity contribution >= 4 is 6.09 Å². The molecule has 3 nitrogen and oxygen atoms in total. The summed E-state index contributed by atoms with van der Waals surface area (Å²) in [6.45, 7) is 1.79. The van der Waals surface area contributed by atoms with Crippen molar-refractivity contribution in [1.82, 2.24) is 4.90 Å². The number of hydrogen-bond acceptors (Lipinski definition) is 1. The van der Waals surface area contributed by atoms with Gasteiger partial charge in [0.2, 0.25) is 0 Å². The first-order chi connectivity index (χ1) is 7.61. The van der Waals surface area contributed by atoms with Gasteiger partial charge in [-0.3, -0.25) is 4.90 Å². The minimum Gasteiger partial charge on any atom is -0.465 e. The van der Waals surface area contributed by atoms with Crippen LogP contribution in [0.3, 0.4) is 0 Å². The Morgan fingerprint density at radius 1 is 1.50 bits per heavy atom. The van der Waals surface area contributed by atoms with Gasteiger partial charge in [0.25, 0.3) is 0 Å². The van der Waals surface area contributed by atoms with Gasteiger partial charge in [0.1, 0.15) is 6.17 Å². The van der Waals surface area contributed by atoms with Crippen LogP contribution in [0.1, 0.15) is 24.9 Å². The molecule has 1 aliphatic carbocycles. The van der Waals surface area contributed by atoms with Gasteiger partial charge in [-0.05, 0) is 12.5 Å². The van der Waals surface area contributed by atoms with E-state index in [1.807, 2.05) is 30.3 Å². The number of carboxylic acid groups (broad SMARTS) is 1. The smallest absolute Gasteiger partial charge is 0.408 e. The van der Waals surface area contributed by atoms with Crippen molar-refractivity contribution in [2.24, 2.45) is 0 Å². The van der Waals surface area contributed by atoms with Crippen molar-refractivity contribution in [3.05, 3.63) is 35.9 Å². The Hall–Kier alpha value is -1.58. The predicted molar refractivity (Wildman–Crippen MR) is 58.0 cm³/mol. The number of carbonyl (C=O) groups is 1. The molecule has 1 fully saturated rings. The summed E-state index contributed by atoms with van der Waals surface area (Å²) < 4.78 is 13.0. The van der Waals surface area contributed by atoms with E-state index in [0.29, 0.717) is 6.42 Å². The molecule has 0 aliphatic heterocycles. The van der Waals surface area contributed by atoms with Gasteiger partial charge >= 0.3 is 6.09 Å². The van der Waals surface area contributed by atoms with Gasteiger partial charge in [0, 0.05) is 6.42 Å². The third-order valence-corrected chi connectivity index (χ3v) is 2.96. The topological polar surface area (TPSA) is 40.5 Å². The number of hydrogen-bond donors (Lipinski definition) is 1. The second-order valence-electron chi connectivity index (χ2n) is 4.10. The Kier molecular flexibility index (Phi) is 2.81. The summed E-state index contributed by atoms with van der Waals surface area (Å²) in [6.07, 6.45) is -1.73. The molecule has 3 unspecified atom stereocenters. The zero-order chi connectivity index (χ0) is 11.7. The zero-order valence-corrected chi connectivity index (χ0v) is 9.01. The van der Waals surface area contributed by atoms with Crippen molar-refractivity contribution < 1.29 is 14.3 Å². The Morgan fingerprint density at radius 3 is 2.50 bits per heavy atom. The highest BCUT2D eigenvalue weighted by molar-refractivity contribution is 5.67. The molecule has 0 saturated heterocycles. The monoisotopic (exact) mass is 223 g/mol. The first kappa shape index (κ1) is 10.9. The molecule has 4 heteroatoms. The van der Waals surface area contributed by atoms with E-state index in [9.17, 15) is 9.18 Å². The fourth-order valence-corrected chi connectivity index (χ4v) is 1.93. The minimum absolute atomic E-state index is 0.301. The highest BCUT2D eigenvalue weighted by Gasteiger charge is 2.46. The number of benzene rings is 1. The highest BCUT2D eigenvalue weighted by atomic mass is 19.1. The van der Waals surface area contributed by atoms with Gasteiger partial charge in [0.15, 0.2) is 0 Å². The van der Waals surface area contributed by atoms with Crippen LogP contribution in [0, 0.1) is 0 Å². The lowest BCUT2D eigenvalue weighted by Crippen LogP contribution is -2.35. The molecule has 3 atom stereocenters. The molecule has 1 saturated carbocycles. The molecule has 16 heavy (non-hydrogen) atoms. The molecule has 0 bridgehead atoms. The Morgan fingerprint density at radius 2 is 2.06 bits per heavy atom. The Balaban J connectivity index is 2.18. The van der Waals surface area contributed by atoms with Crippen LogP contribution in [-0.2, 0) is 0 Å². The quantitative estimate of drug-likeness (QED) is 0.855. The van der Waals surface area contributed by atoms with Crippen LogP contribution < -0.4 is 0 Å². The van der Waals surface area contributed by atoms with E-state index in [4.69, 9.17) is 5.11 Å². The van der Waals surface area contributed by atoms with Gasteiger partial charge in [-0.1, -0.05) is 30.3 Å². The van der Waals surface area contributed by atoms with Gasteiger partial charge in [-0.25, -0.2) is 9.18 Å². The molecule has 1 aromatic rings. The molecule has 0 heterocycles. The summed E-state index contributed by atoms with van der Waals surface area (Å²) in [6, 6.07) is 8.53. The lowest BCUT2D eigenvalue weighted by Gasteiger charge is -2.26. The summed E-state index contributed by atoms with van der Waals surface area (Å²) >= 11 is 0. The van der Waals surface area contributed by atoms with Crippen LogP contribution in [0.2, 0.25) is 0 Å². The molecule has 1 amide bonds. The van der Waals surface area contributed by atoms with E-state index in [1.165, 1.54) is 4.90 Å². The van der Waals surface area contributed by atoms with E-state index in [1.54, 1.807) is 6.92 Å². The zero-order valence-electron chi connectivity index (χ0n) is 9.01. The molecule has 0 spiro atoms. The fraction of sp³-hybridized carbons (Fsp3) is 0.417. The van der Waals surface area contributed by atoms with Crippen LogP contribution in [0.5, 0.6) is 0 Å². The van der Waals surface area contributed by atoms with Crippen LogP contribution in [0.4, 0.5) is 9.18 Å². The van der Waals surface area contributed by atoms with Gasteiger partial charge in [-0.2, -0.15) is 0 Å². The largest absolute Gasteiger partial charge is 0.465 e. The third kappa shape index (κ3) is 2.01. The first-order valence-corrected chi connectivity index (χ1v) is 5.31. The molecule has 0 aromatic heterocycles. The lowest BCUT2D eigenvalue weighted by molar-refractivity contribution is 0.119. The molecule has 2 rings (SSSR count). The van der Waals surface area contributed by atoms with E-state index in [-0.39, 0.29) is 6.04 Å². The maximum atomic E-state index is 13.0. The molecule has 1 N–H and O–H groups in total. The van der Waals surface area contributed by atoms with Gasteiger partial charge < -0.3 is 5.11 Å². The van der Waals surface area contributed by atoms with Crippen molar-refractivity contribution in [2.45, 2.75) is 31.6 Å². The summed E-state index contributed by atoms with van der Waals surface area (Å²) in [4.78, 5) is 12.3. The van der Waals surface area contributed by atoms with Crippen molar-refractivity contribution in [2.75, 3.05) is 0 Å². The van der Waals surface area contributed by atoms with Crippen LogP contribution >= 0.6 is 0 Å². The number of alkyl halides is 1. The Bertz CT molecular complexity index is 382. The van der Waals surface area contributed by atoms with E-state index in [0.717, 1.165) is 5.56 Å². The third-order valence-electron chi connectivity index (χ3n) is 2.96. The number of halogens is 1. The second kappa shape index (κ2) is 4.12. The van der Waals surface area contributed by atoms with Crippen LogP contribution in [0.15, 0.2) is 30.3 Å². The average Bonchev–Trinajstić information content (AvgIpc) is 2.96. The van der Waals surface area contributed by atoms with Crippen molar-refractivity contribution in [3.8, 4) is 0 Å². The van der Waals surface area contributed by atoms with E-state index >= 15 is 0 Å². The molecular weight excluding hydrogens is 209 g/mol. The maximum absolute atomic E-state index is 13.0. The van der Waals surface area contributed by atoms with Crippen molar-refractivity contribution in [3.63, 3.8) is 0 Å². The minimum atomic E-state index is -1.05. The highest BCUT2D eigenvalue weighted by Crippen LogP contribution is 2.36. The maximum Gasteiger partial charge on any atom is 0.408 e. The molecule has 0 radical (unpaired) electrons. The van der Waals surface area contributed by atoms with Crippen LogP contribution in [0.25, 0.3) is 0 Å².